The lowest BCUT2D eigenvalue weighted by molar-refractivity contribution is -0.0497. The van der Waals surface area contributed by atoms with E-state index in [4.69, 9.17) is 23.8 Å². The van der Waals surface area contributed by atoms with E-state index in [9.17, 15) is 13.2 Å². The second kappa shape index (κ2) is 7.33. The molecule has 0 aromatic heterocycles. The molecule has 0 atom stereocenters. The molecule has 0 saturated heterocycles. The summed E-state index contributed by atoms with van der Waals surface area (Å²) in [6, 6.07) is 9.82. The second-order valence-electron chi connectivity index (χ2n) is 4.11. The van der Waals surface area contributed by atoms with Gasteiger partial charge in [0, 0.05) is 11.4 Å². The van der Waals surface area contributed by atoms with Crippen LogP contribution in [0.2, 0.25) is 5.02 Å². The van der Waals surface area contributed by atoms with Crippen LogP contribution >= 0.6 is 23.8 Å². The highest BCUT2D eigenvalue weighted by Gasteiger charge is 2.09. The Kier molecular flexibility index (Phi) is 5.46. The lowest BCUT2D eigenvalue weighted by atomic mass is 10.3. The first-order valence-corrected chi connectivity index (χ1v) is 6.80. The Hall–Kier alpha value is -1.99. The van der Waals surface area contributed by atoms with Crippen LogP contribution in [-0.4, -0.2) is 11.7 Å². The normalized spacial score (nSPS) is 10.4. The molecule has 2 rings (SSSR count). The van der Waals surface area contributed by atoms with E-state index in [2.05, 4.69) is 15.4 Å². The third-order valence-corrected chi connectivity index (χ3v) is 3.01. The second-order valence-corrected chi connectivity index (χ2v) is 4.93. The van der Waals surface area contributed by atoms with E-state index in [1.807, 2.05) is 0 Å². The molecule has 0 aliphatic heterocycles. The lowest BCUT2D eigenvalue weighted by Crippen LogP contribution is -2.19. The van der Waals surface area contributed by atoms with Gasteiger partial charge in [-0.25, -0.2) is 4.39 Å². The van der Waals surface area contributed by atoms with Crippen molar-refractivity contribution in [1.82, 2.24) is 0 Å². The Morgan fingerprint density at radius 1 is 1.05 bits per heavy atom. The fraction of sp³-hybridized carbons (Fsp3) is 0.0714. The molecule has 0 unspecified atom stereocenters. The largest absolute Gasteiger partial charge is 0.433 e. The third kappa shape index (κ3) is 4.78. The molecule has 2 N–H and O–H groups in total. The van der Waals surface area contributed by atoms with Gasteiger partial charge in [-0.3, -0.25) is 0 Å². The number of anilines is 2. The molecule has 116 valence electrons. The van der Waals surface area contributed by atoms with Gasteiger partial charge in [0.25, 0.3) is 0 Å². The predicted octanol–water partition coefficient (Wildman–Crippen LogP) is 4.89. The quantitative estimate of drug-likeness (QED) is 0.772. The molecule has 0 saturated carbocycles. The highest BCUT2D eigenvalue weighted by atomic mass is 35.5. The average molecular weight is 347 g/mol. The van der Waals surface area contributed by atoms with E-state index in [0.29, 0.717) is 11.4 Å². The number of thiocarbonyl (C=S) groups is 1. The molecule has 0 radical (unpaired) electrons. The van der Waals surface area contributed by atoms with Gasteiger partial charge in [-0.15, -0.1) is 0 Å². The van der Waals surface area contributed by atoms with Crippen molar-refractivity contribution in [2.24, 2.45) is 0 Å². The summed E-state index contributed by atoms with van der Waals surface area (Å²) in [6.07, 6.45) is 0. The molecule has 3 nitrogen and oxygen atoms in total. The van der Waals surface area contributed by atoms with Crippen molar-refractivity contribution in [3.63, 3.8) is 0 Å². The molecule has 0 bridgehead atoms. The van der Waals surface area contributed by atoms with Crippen molar-refractivity contribution < 1.29 is 17.9 Å². The Bertz CT molecular complexity index is 668. The van der Waals surface area contributed by atoms with E-state index >= 15 is 0 Å². The monoisotopic (exact) mass is 346 g/mol. The van der Waals surface area contributed by atoms with Crippen LogP contribution in [0, 0.1) is 5.82 Å². The van der Waals surface area contributed by atoms with Crippen LogP contribution in [0.1, 0.15) is 0 Å². The molecule has 0 aliphatic rings. The summed E-state index contributed by atoms with van der Waals surface area (Å²) in [5.74, 6) is -0.481. The fourth-order valence-corrected chi connectivity index (χ4v) is 2.06. The van der Waals surface area contributed by atoms with Crippen LogP contribution in [0.3, 0.4) is 0 Å². The number of ether oxygens (including phenoxy) is 1. The van der Waals surface area contributed by atoms with Gasteiger partial charge in [0.15, 0.2) is 5.11 Å². The van der Waals surface area contributed by atoms with Crippen LogP contribution in [0.25, 0.3) is 0 Å². The Labute approximate surface area is 135 Å². The molecule has 2 aromatic carbocycles. The molecular formula is C14H10ClF3N2OS. The van der Waals surface area contributed by atoms with Gasteiger partial charge in [-0.1, -0.05) is 11.6 Å². The van der Waals surface area contributed by atoms with Crippen molar-refractivity contribution in [3.05, 3.63) is 53.3 Å². The smallest absolute Gasteiger partial charge is 0.387 e. The first-order chi connectivity index (χ1) is 10.4. The topological polar surface area (TPSA) is 33.3 Å². The van der Waals surface area contributed by atoms with Gasteiger partial charge in [-0.05, 0) is 54.7 Å². The van der Waals surface area contributed by atoms with Crippen LogP contribution in [-0.2, 0) is 0 Å². The number of halogens is 4. The van der Waals surface area contributed by atoms with Gasteiger partial charge >= 0.3 is 6.61 Å². The Morgan fingerprint density at radius 2 is 1.64 bits per heavy atom. The zero-order valence-electron chi connectivity index (χ0n) is 10.9. The maximum absolute atomic E-state index is 12.8. The van der Waals surface area contributed by atoms with E-state index in [-0.39, 0.29) is 21.7 Å². The van der Waals surface area contributed by atoms with Crippen molar-refractivity contribution in [2.45, 2.75) is 6.61 Å². The van der Waals surface area contributed by atoms with E-state index in [1.165, 1.54) is 42.5 Å². The first-order valence-electron chi connectivity index (χ1n) is 6.02. The van der Waals surface area contributed by atoms with Crippen molar-refractivity contribution >= 4 is 40.3 Å². The van der Waals surface area contributed by atoms with Crippen LogP contribution in [0.5, 0.6) is 5.75 Å². The number of hydrogen-bond acceptors (Lipinski definition) is 2. The summed E-state index contributed by atoms with van der Waals surface area (Å²) < 4.78 is 41.3. The number of alkyl halides is 2. The van der Waals surface area contributed by atoms with Crippen LogP contribution < -0.4 is 15.4 Å². The lowest BCUT2D eigenvalue weighted by Gasteiger charge is -2.12. The molecule has 22 heavy (non-hydrogen) atoms. The number of rotatable bonds is 4. The molecule has 8 heteroatoms. The molecule has 0 aliphatic carbocycles. The highest BCUT2D eigenvalue weighted by Crippen LogP contribution is 2.29. The fourth-order valence-electron chi connectivity index (χ4n) is 1.60. The molecule has 0 heterocycles. The average Bonchev–Trinajstić information content (AvgIpc) is 2.44. The Balaban J connectivity index is 1.99. The van der Waals surface area contributed by atoms with Gasteiger partial charge in [0.2, 0.25) is 0 Å². The van der Waals surface area contributed by atoms with Crippen LogP contribution in [0.15, 0.2) is 42.5 Å². The molecule has 0 fully saturated rings. The third-order valence-electron chi connectivity index (χ3n) is 2.51. The maximum atomic E-state index is 12.8. The minimum absolute atomic E-state index is 0.0230. The van der Waals surface area contributed by atoms with E-state index < -0.39 is 6.61 Å². The van der Waals surface area contributed by atoms with Gasteiger partial charge in [0.1, 0.15) is 11.6 Å². The minimum atomic E-state index is -2.95. The van der Waals surface area contributed by atoms with Gasteiger partial charge in [0.05, 0.1) is 5.02 Å². The Morgan fingerprint density at radius 3 is 2.23 bits per heavy atom. The SMILES string of the molecule is Fc1ccc(NC(=S)Nc2ccc(OC(F)F)c(Cl)c2)cc1. The van der Waals surface area contributed by atoms with Crippen LogP contribution in [0.4, 0.5) is 24.5 Å². The van der Waals surface area contributed by atoms with Crippen molar-refractivity contribution in [1.29, 1.82) is 0 Å². The van der Waals surface area contributed by atoms with E-state index in [1.54, 1.807) is 0 Å². The molecule has 0 spiro atoms. The number of nitrogens with one attached hydrogen (secondary N) is 2. The summed E-state index contributed by atoms with van der Waals surface area (Å²) in [5, 5.41) is 5.93. The van der Waals surface area contributed by atoms with Gasteiger partial charge < -0.3 is 15.4 Å². The van der Waals surface area contributed by atoms with Crippen molar-refractivity contribution in [3.8, 4) is 5.75 Å². The maximum Gasteiger partial charge on any atom is 0.387 e. The summed E-state index contributed by atoms with van der Waals surface area (Å²) in [6.45, 7) is -2.95. The van der Waals surface area contributed by atoms with Crippen molar-refractivity contribution in [2.75, 3.05) is 10.6 Å². The number of benzene rings is 2. The zero-order chi connectivity index (χ0) is 16.1. The standard InChI is InChI=1S/C14H10ClF3N2OS/c15-11-7-10(5-6-12(11)21-13(17)18)20-14(22)19-9-3-1-8(16)2-4-9/h1-7,13H,(H2,19,20,22). The zero-order valence-corrected chi connectivity index (χ0v) is 12.5. The minimum Gasteiger partial charge on any atom is -0.433 e. The summed E-state index contributed by atoms with van der Waals surface area (Å²) in [7, 11) is 0. The number of hydrogen-bond donors (Lipinski definition) is 2. The predicted molar refractivity (Wildman–Crippen MR) is 84.3 cm³/mol. The van der Waals surface area contributed by atoms with Gasteiger partial charge in [-0.2, -0.15) is 8.78 Å². The summed E-state index contributed by atoms with van der Waals surface area (Å²) in [4.78, 5) is 0. The first kappa shape index (κ1) is 16.4. The molecule has 2 aromatic rings. The summed E-state index contributed by atoms with van der Waals surface area (Å²) >= 11 is 10.9. The van der Waals surface area contributed by atoms with E-state index in [0.717, 1.165) is 0 Å². The summed E-state index contributed by atoms with van der Waals surface area (Å²) in [5.41, 5.74) is 1.09. The highest BCUT2D eigenvalue weighted by molar-refractivity contribution is 7.80. The molecule has 0 amide bonds. The molecular weight excluding hydrogens is 337 g/mol.